The molecule has 1 N–H and O–H groups in total. The number of aliphatic hydroxyl groups excluding tert-OH is 1. The summed E-state index contributed by atoms with van der Waals surface area (Å²) in [5.41, 5.74) is 1.48. The first kappa shape index (κ1) is 18.7. The number of anilines is 1. The Morgan fingerprint density at radius 3 is 2.38 bits per heavy atom. The van der Waals surface area contributed by atoms with Crippen molar-refractivity contribution in [3.63, 3.8) is 0 Å². The lowest BCUT2D eigenvalue weighted by atomic mass is 10.2. The van der Waals surface area contributed by atoms with Gasteiger partial charge in [0.25, 0.3) is 7.37 Å². The van der Waals surface area contributed by atoms with E-state index in [9.17, 15) is 9.67 Å². The van der Waals surface area contributed by atoms with Crippen LogP contribution in [0.5, 0.6) is 0 Å². The SMILES string of the molecule is CC(C)CO[P@](=O)(c1ccc(N(C)C)cc1)[C@H](O)c1cccnc1. The van der Waals surface area contributed by atoms with E-state index in [-0.39, 0.29) is 5.92 Å². The summed E-state index contributed by atoms with van der Waals surface area (Å²) in [4.78, 5) is 5.96. The van der Waals surface area contributed by atoms with E-state index in [2.05, 4.69) is 4.98 Å². The van der Waals surface area contributed by atoms with Crippen molar-refractivity contribution in [1.82, 2.24) is 4.98 Å². The van der Waals surface area contributed by atoms with Gasteiger partial charge in [-0.15, -0.1) is 0 Å². The Morgan fingerprint density at radius 1 is 1.21 bits per heavy atom. The molecule has 2 rings (SSSR count). The second-order valence-corrected chi connectivity index (χ2v) is 8.82. The highest BCUT2D eigenvalue weighted by Gasteiger charge is 2.36. The first-order valence-electron chi connectivity index (χ1n) is 7.95. The van der Waals surface area contributed by atoms with Gasteiger partial charge in [-0.05, 0) is 36.2 Å². The Bertz CT molecular complexity index is 687. The quantitative estimate of drug-likeness (QED) is 0.777. The second kappa shape index (κ2) is 7.93. The molecule has 0 aliphatic carbocycles. The molecule has 0 bridgehead atoms. The van der Waals surface area contributed by atoms with Crippen LogP contribution in [0.1, 0.15) is 25.3 Å². The number of aromatic nitrogens is 1. The van der Waals surface area contributed by atoms with Crippen LogP contribution in [0, 0.1) is 5.92 Å². The van der Waals surface area contributed by atoms with E-state index in [1.165, 1.54) is 6.20 Å². The lowest BCUT2D eigenvalue weighted by molar-refractivity contribution is 0.202. The fourth-order valence-electron chi connectivity index (χ4n) is 2.23. The maximum absolute atomic E-state index is 13.6. The summed E-state index contributed by atoms with van der Waals surface area (Å²) in [5.74, 6) is -1.03. The molecule has 0 saturated heterocycles. The third-order valence-corrected chi connectivity index (χ3v) is 6.12. The number of hydrogen-bond donors (Lipinski definition) is 1. The molecule has 1 aromatic heterocycles. The third-order valence-electron chi connectivity index (χ3n) is 3.63. The predicted molar refractivity (Wildman–Crippen MR) is 98.0 cm³/mol. The van der Waals surface area contributed by atoms with Crippen LogP contribution in [0.4, 0.5) is 5.69 Å². The van der Waals surface area contributed by atoms with Crippen molar-refractivity contribution < 1.29 is 14.2 Å². The highest BCUT2D eigenvalue weighted by Crippen LogP contribution is 2.57. The Hall–Kier alpha value is -1.68. The molecule has 0 unspecified atom stereocenters. The molecule has 0 saturated carbocycles. The van der Waals surface area contributed by atoms with Crippen LogP contribution in [0.3, 0.4) is 0 Å². The average Bonchev–Trinajstić information content (AvgIpc) is 2.59. The van der Waals surface area contributed by atoms with E-state index in [4.69, 9.17) is 4.52 Å². The van der Waals surface area contributed by atoms with Crippen LogP contribution in [-0.4, -0.2) is 30.8 Å². The number of hydrogen-bond acceptors (Lipinski definition) is 5. The maximum atomic E-state index is 13.6. The summed E-state index contributed by atoms with van der Waals surface area (Å²) < 4.78 is 19.3. The Kier molecular flexibility index (Phi) is 6.16. The van der Waals surface area contributed by atoms with Gasteiger partial charge in [0.15, 0.2) is 5.85 Å². The van der Waals surface area contributed by atoms with E-state index in [0.717, 1.165) is 5.69 Å². The van der Waals surface area contributed by atoms with Crippen LogP contribution in [-0.2, 0) is 9.09 Å². The molecule has 2 aromatic rings. The van der Waals surface area contributed by atoms with E-state index >= 15 is 0 Å². The summed E-state index contributed by atoms with van der Waals surface area (Å²) in [7, 11) is 0.386. The number of benzene rings is 1. The van der Waals surface area contributed by atoms with Gasteiger partial charge in [0, 0.05) is 43.0 Å². The third kappa shape index (κ3) is 4.23. The van der Waals surface area contributed by atoms with Gasteiger partial charge in [-0.3, -0.25) is 9.55 Å². The molecule has 1 heterocycles. The summed E-state index contributed by atoms with van der Waals surface area (Å²) >= 11 is 0. The monoisotopic (exact) mass is 348 g/mol. The fraction of sp³-hybridized carbons (Fsp3) is 0.389. The van der Waals surface area contributed by atoms with Gasteiger partial charge in [-0.25, -0.2) is 0 Å². The molecule has 0 fully saturated rings. The van der Waals surface area contributed by atoms with Crippen molar-refractivity contribution in [3.05, 3.63) is 54.4 Å². The van der Waals surface area contributed by atoms with Crippen molar-refractivity contribution in [2.45, 2.75) is 19.7 Å². The van der Waals surface area contributed by atoms with Crippen LogP contribution in [0.25, 0.3) is 0 Å². The van der Waals surface area contributed by atoms with Crippen molar-refractivity contribution in [2.75, 3.05) is 25.6 Å². The largest absolute Gasteiger partial charge is 0.378 e. The minimum atomic E-state index is -3.49. The summed E-state index contributed by atoms with van der Waals surface area (Å²) in [5, 5.41) is 11.3. The minimum absolute atomic E-state index is 0.209. The van der Waals surface area contributed by atoms with Gasteiger partial charge >= 0.3 is 0 Å². The summed E-state index contributed by atoms with van der Waals surface area (Å²) in [6.45, 7) is 4.27. The number of pyridine rings is 1. The molecule has 0 aliphatic rings. The van der Waals surface area contributed by atoms with Crippen molar-refractivity contribution in [1.29, 1.82) is 0 Å². The molecule has 0 aliphatic heterocycles. The number of aliphatic hydroxyl groups is 1. The fourth-order valence-corrected chi connectivity index (χ4v) is 4.43. The lowest BCUT2D eigenvalue weighted by Crippen LogP contribution is -2.17. The molecule has 0 spiro atoms. The first-order chi connectivity index (χ1) is 11.3. The van der Waals surface area contributed by atoms with Gasteiger partial charge in [0.05, 0.1) is 6.61 Å². The molecule has 6 heteroatoms. The highest BCUT2D eigenvalue weighted by molar-refractivity contribution is 7.67. The lowest BCUT2D eigenvalue weighted by Gasteiger charge is -2.25. The van der Waals surface area contributed by atoms with Gasteiger partial charge in [0.1, 0.15) is 0 Å². The molecule has 2 atom stereocenters. The van der Waals surface area contributed by atoms with Gasteiger partial charge in [-0.1, -0.05) is 19.9 Å². The molecular weight excluding hydrogens is 323 g/mol. The molecule has 0 radical (unpaired) electrons. The van der Waals surface area contributed by atoms with Gasteiger partial charge in [-0.2, -0.15) is 0 Å². The topological polar surface area (TPSA) is 62.7 Å². The van der Waals surface area contributed by atoms with Crippen LogP contribution in [0.15, 0.2) is 48.8 Å². The molecular formula is C18H25N2O3P. The second-order valence-electron chi connectivity index (χ2n) is 6.36. The van der Waals surface area contributed by atoms with Gasteiger partial charge in [0.2, 0.25) is 0 Å². The van der Waals surface area contributed by atoms with Crippen LogP contribution >= 0.6 is 7.37 Å². The van der Waals surface area contributed by atoms with Crippen LogP contribution < -0.4 is 10.2 Å². The normalized spacial score (nSPS) is 15.1. The Morgan fingerprint density at radius 2 is 1.88 bits per heavy atom. The van der Waals surface area contributed by atoms with Gasteiger partial charge < -0.3 is 14.5 Å². The Labute approximate surface area is 143 Å². The van der Waals surface area contributed by atoms with E-state index in [1.807, 2.05) is 45.0 Å². The summed E-state index contributed by atoms with van der Waals surface area (Å²) in [6, 6.07) is 10.7. The Balaban J connectivity index is 2.41. The molecule has 24 heavy (non-hydrogen) atoms. The number of rotatable bonds is 7. The number of nitrogens with zero attached hydrogens (tertiary/aromatic N) is 2. The smallest absolute Gasteiger partial charge is 0.264 e. The minimum Gasteiger partial charge on any atom is -0.378 e. The van der Waals surface area contributed by atoms with Crippen molar-refractivity contribution in [3.8, 4) is 0 Å². The first-order valence-corrected chi connectivity index (χ1v) is 9.64. The van der Waals surface area contributed by atoms with E-state index in [1.54, 1.807) is 30.5 Å². The standard InChI is InChI=1S/C18H25N2O3P/c1-14(2)13-23-24(22,18(21)15-6-5-11-19-12-15)17-9-7-16(8-10-17)20(3)4/h5-12,14,18,21H,13H2,1-4H3/t18-,24+/m0/s1. The molecule has 1 aromatic carbocycles. The molecule has 130 valence electrons. The van der Waals surface area contributed by atoms with Crippen molar-refractivity contribution in [2.24, 2.45) is 5.92 Å². The van der Waals surface area contributed by atoms with Crippen molar-refractivity contribution >= 4 is 18.4 Å². The molecule has 0 amide bonds. The molecule has 5 nitrogen and oxygen atoms in total. The zero-order valence-electron chi connectivity index (χ0n) is 14.6. The maximum Gasteiger partial charge on any atom is 0.264 e. The van der Waals surface area contributed by atoms with Crippen LogP contribution in [0.2, 0.25) is 0 Å². The predicted octanol–water partition coefficient (Wildman–Crippen LogP) is 3.41. The average molecular weight is 348 g/mol. The zero-order valence-corrected chi connectivity index (χ0v) is 15.5. The van der Waals surface area contributed by atoms with E-state index in [0.29, 0.717) is 17.5 Å². The zero-order chi connectivity index (χ0) is 17.7. The summed E-state index contributed by atoms with van der Waals surface area (Å²) in [6.07, 6.45) is 3.13. The highest BCUT2D eigenvalue weighted by atomic mass is 31.2. The van der Waals surface area contributed by atoms with E-state index < -0.39 is 13.2 Å².